The van der Waals surface area contributed by atoms with Crippen molar-refractivity contribution in [2.45, 2.75) is 51.5 Å². The van der Waals surface area contributed by atoms with Gasteiger partial charge in [0.25, 0.3) is 0 Å². The van der Waals surface area contributed by atoms with Crippen LogP contribution >= 0.6 is 0 Å². The molecule has 0 aromatic carbocycles. The number of hydrogen-bond donors (Lipinski definition) is 1. The fourth-order valence-electron chi connectivity index (χ4n) is 3.88. The summed E-state index contributed by atoms with van der Waals surface area (Å²) in [6.07, 6.45) is 8.16. The second-order valence-corrected chi connectivity index (χ2v) is 6.43. The van der Waals surface area contributed by atoms with Crippen LogP contribution in [0.5, 0.6) is 0 Å². The average molecular weight is 277 g/mol. The van der Waals surface area contributed by atoms with E-state index >= 15 is 0 Å². The van der Waals surface area contributed by atoms with E-state index in [1.807, 2.05) is 0 Å². The van der Waals surface area contributed by atoms with Gasteiger partial charge >= 0.3 is 5.97 Å². The highest BCUT2D eigenvalue weighted by Gasteiger charge is 2.38. The lowest BCUT2D eigenvalue weighted by Crippen LogP contribution is -2.40. The van der Waals surface area contributed by atoms with Crippen molar-refractivity contribution in [2.75, 3.05) is 13.1 Å². The molecule has 2 heterocycles. The third kappa shape index (κ3) is 2.49. The first kappa shape index (κ1) is 13.7. The zero-order valence-electron chi connectivity index (χ0n) is 12.1. The molecule has 4 heteroatoms. The van der Waals surface area contributed by atoms with E-state index in [0.29, 0.717) is 5.41 Å². The van der Waals surface area contributed by atoms with Gasteiger partial charge in [-0.2, -0.15) is 0 Å². The van der Waals surface area contributed by atoms with Gasteiger partial charge in [-0.3, -0.25) is 4.90 Å². The molecule has 4 nitrogen and oxygen atoms in total. The number of aromatic carboxylic acids is 1. The van der Waals surface area contributed by atoms with Crippen LogP contribution in [0.15, 0.2) is 16.5 Å². The molecule has 1 unspecified atom stereocenters. The molecule has 3 rings (SSSR count). The Morgan fingerprint density at radius 1 is 1.25 bits per heavy atom. The van der Waals surface area contributed by atoms with Crippen LogP contribution in [0.1, 0.15) is 67.8 Å². The zero-order valence-corrected chi connectivity index (χ0v) is 12.1. The van der Waals surface area contributed by atoms with Crippen LogP contribution in [0.3, 0.4) is 0 Å². The lowest BCUT2D eigenvalue weighted by molar-refractivity contribution is 0.0630. The summed E-state index contributed by atoms with van der Waals surface area (Å²) in [6.45, 7) is 4.31. The summed E-state index contributed by atoms with van der Waals surface area (Å²) in [5, 5.41) is 8.92. The minimum absolute atomic E-state index is 0.0381. The highest BCUT2D eigenvalue weighted by atomic mass is 16.4. The van der Waals surface area contributed by atoms with Crippen LogP contribution in [0.2, 0.25) is 0 Å². The maximum absolute atomic E-state index is 10.9. The Kier molecular flexibility index (Phi) is 3.59. The predicted octanol–water partition coefficient (Wildman–Crippen LogP) is 3.70. The molecule has 2 aliphatic rings. The Morgan fingerprint density at radius 3 is 2.45 bits per heavy atom. The molecule has 2 fully saturated rings. The third-order valence-corrected chi connectivity index (χ3v) is 5.32. The lowest BCUT2D eigenvalue weighted by Gasteiger charge is -2.41. The van der Waals surface area contributed by atoms with Gasteiger partial charge in [0.1, 0.15) is 5.76 Å². The number of nitrogens with zero attached hydrogens (tertiary/aromatic N) is 1. The first-order valence-corrected chi connectivity index (χ1v) is 7.67. The second kappa shape index (κ2) is 5.24. The number of piperidine rings is 1. The van der Waals surface area contributed by atoms with Crippen LogP contribution in [0, 0.1) is 5.41 Å². The summed E-state index contributed by atoms with van der Waals surface area (Å²) < 4.78 is 5.44. The van der Waals surface area contributed by atoms with E-state index in [1.165, 1.54) is 38.5 Å². The normalized spacial score (nSPS) is 24.1. The van der Waals surface area contributed by atoms with Crippen molar-refractivity contribution in [3.05, 3.63) is 23.7 Å². The molecule has 1 saturated heterocycles. The number of carbonyl (C=O) groups is 1. The number of furan rings is 1. The monoisotopic (exact) mass is 277 g/mol. The standard InChI is InChI=1S/C16H23NO3/c1-12(13-4-5-14(20-13)15(18)19)17-10-8-16(9-11-17)6-2-3-7-16/h4-5,12H,2-3,6-11H2,1H3,(H,18,19). The van der Waals surface area contributed by atoms with Gasteiger partial charge in [-0.1, -0.05) is 12.8 Å². The molecule has 1 saturated carbocycles. The Balaban J connectivity index is 1.63. The number of hydrogen-bond acceptors (Lipinski definition) is 3. The molecular formula is C16H23NO3. The molecular weight excluding hydrogens is 254 g/mol. The molecule has 1 aliphatic carbocycles. The molecule has 20 heavy (non-hydrogen) atoms. The first-order chi connectivity index (χ1) is 9.60. The molecule has 0 amide bonds. The smallest absolute Gasteiger partial charge is 0.371 e. The van der Waals surface area contributed by atoms with E-state index in [1.54, 1.807) is 12.1 Å². The van der Waals surface area contributed by atoms with Gasteiger partial charge < -0.3 is 9.52 Å². The second-order valence-electron chi connectivity index (χ2n) is 6.43. The minimum atomic E-state index is -0.994. The molecule has 1 atom stereocenters. The van der Waals surface area contributed by atoms with Crippen molar-refractivity contribution in [1.29, 1.82) is 0 Å². The van der Waals surface area contributed by atoms with Crippen LogP contribution in [0.25, 0.3) is 0 Å². The van der Waals surface area contributed by atoms with Gasteiger partial charge in [0.05, 0.1) is 6.04 Å². The van der Waals surface area contributed by atoms with Gasteiger partial charge in [0.2, 0.25) is 5.76 Å². The summed E-state index contributed by atoms with van der Waals surface area (Å²) in [7, 11) is 0. The molecule has 110 valence electrons. The Labute approximate surface area is 119 Å². The Bertz CT molecular complexity index is 478. The Morgan fingerprint density at radius 2 is 1.90 bits per heavy atom. The summed E-state index contributed by atoms with van der Waals surface area (Å²) in [5.41, 5.74) is 0.617. The Hall–Kier alpha value is -1.29. The summed E-state index contributed by atoms with van der Waals surface area (Å²) >= 11 is 0. The van der Waals surface area contributed by atoms with Crippen molar-refractivity contribution in [3.63, 3.8) is 0 Å². The summed E-state index contributed by atoms with van der Waals surface area (Å²) in [4.78, 5) is 13.3. The van der Waals surface area contributed by atoms with Crippen molar-refractivity contribution in [3.8, 4) is 0 Å². The molecule has 1 aromatic rings. The summed E-state index contributed by atoms with van der Waals surface area (Å²) in [5.74, 6) is -0.187. The third-order valence-electron chi connectivity index (χ3n) is 5.32. The SMILES string of the molecule is CC(c1ccc(C(=O)O)o1)N1CCC2(CCCC2)CC1. The molecule has 0 radical (unpaired) electrons. The van der Waals surface area contributed by atoms with Gasteiger partial charge in [-0.25, -0.2) is 4.79 Å². The van der Waals surface area contributed by atoms with Crippen LogP contribution in [0.4, 0.5) is 0 Å². The van der Waals surface area contributed by atoms with E-state index in [9.17, 15) is 4.79 Å². The van der Waals surface area contributed by atoms with Gasteiger partial charge in [-0.05, 0) is 63.2 Å². The van der Waals surface area contributed by atoms with E-state index in [4.69, 9.17) is 9.52 Å². The minimum Gasteiger partial charge on any atom is -0.475 e. The number of carboxylic acid groups (broad SMARTS) is 1. The lowest BCUT2D eigenvalue weighted by atomic mass is 9.77. The maximum Gasteiger partial charge on any atom is 0.371 e. The summed E-state index contributed by atoms with van der Waals surface area (Å²) in [6, 6.07) is 3.52. The first-order valence-electron chi connectivity index (χ1n) is 7.67. The van der Waals surface area contributed by atoms with E-state index in [2.05, 4.69) is 11.8 Å². The van der Waals surface area contributed by atoms with Gasteiger partial charge in [-0.15, -0.1) is 0 Å². The zero-order chi connectivity index (χ0) is 14.2. The quantitative estimate of drug-likeness (QED) is 0.915. The largest absolute Gasteiger partial charge is 0.475 e. The van der Waals surface area contributed by atoms with Crippen molar-refractivity contribution in [1.82, 2.24) is 4.90 Å². The average Bonchev–Trinajstić information content (AvgIpc) is 3.08. The number of rotatable bonds is 3. The van der Waals surface area contributed by atoms with Gasteiger partial charge in [0, 0.05) is 0 Å². The molecule has 1 N–H and O–H groups in total. The highest BCUT2D eigenvalue weighted by molar-refractivity contribution is 5.84. The molecule has 0 bridgehead atoms. The van der Waals surface area contributed by atoms with E-state index in [0.717, 1.165) is 18.8 Å². The van der Waals surface area contributed by atoms with Crippen LogP contribution in [-0.4, -0.2) is 29.1 Å². The molecule has 1 aromatic heterocycles. The van der Waals surface area contributed by atoms with Gasteiger partial charge in [0.15, 0.2) is 0 Å². The van der Waals surface area contributed by atoms with E-state index in [-0.39, 0.29) is 11.8 Å². The van der Waals surface area contributed by atoms with Crippen molar-refractivity contribution >= 4 is 5.97 Å². The maximum atomic E-state index is 10.9. The molecule has 1 spiro atoms. The van der Waals surface area contributed by atoms with E-state index < -0.39 is 5.97 Å². The van der Waals surface area contributed by atoms with Crippen molar-refractivity contribution in [2.24, 2.45) is 5.41 Å². The number of likely N-dealkylation sites (tertiary alicyclic amines) is 1. The predicted molar refractivity (Wildman–Crippen MR) is 75.8 cm³/mol. The fraction of sp³-hybridized carbons (Fsp3) is 0.688. The number of carboxylic acids is 1. The van der Waals surface area contributed by atoms with Crippen molar-refractivity contribution < 1.29 is 14.3 Å². The molecule has 1 aliphatic heterocycles. The van der Waals surface area contributed by atoms with Crippen LogP contribution in [-0.2, 0) is 0 Å². The topological polar surface area (TPSA) is 53.7 Å². The fourth-order valence-corrected chi connectivity index (χ4v) is 3.88. The highest BCUT2D eigenvalue weighted by Crippen LogP contribution is 2.47. The van der Waals surface area contributed by atoms with Crippen LogP contribution < -0.4 is 0 Å².